The second kappa shape index (κ2) is 9.62. The summed E-state index contributed by atoms with van der Waals surface area (Å²) in [5.74, 6) is 0.227. The number of aryl methyl sites for hydroxylation is 2. The maximum atomic E-state index is 12.8. The molecule has 6 heteroatoms. The van der Waals surface area contributed by atoms with Gasteiger partial charge in [-0.15, -0.1) is 0 Å². The van der Waals surface area contributed by atoms with Crippen molar-refractivity contribution in [3.63, 3.8) is 0 Å². The van der Waals surface area contributed by atoms with E-state index < -0.39 is 0 Å². The van der Waals surface area contributed by atoms with Gasteiger partial charge in [-0.2, -0.15) is 0 Å². The fraction of sp³-hybridized carbons (Fsp3) is 0.440. The quantitative estimate of drug-likeness (QED) is 0.807. The molecule has 0 atom stereocenters. The molecule has 2 aliphatic heterocycles. The molecule has 2 aliphatic rings. The van der Waals surface area contributed by atoms with Crippen molar-refractivity contribution in [1.29, 1.82) is 0 Å². The number of anilines is 1. The van der Waals surface area contributed by atoms with Crippen molar-refractivity contribution >= 4 is 17.5 Å². The molecule has 0 aliphatic carbocycles. The Labute approximate surface area is 184 Å². The second-order valence-corrected chi connectivity index (χ2v) is 8.70. The predicted octanol–water partition coefficient (Wildman–Crippen LogP) is 2.44. The van der Waals surface area contributed by atoms with Crippen molar-refractivity contribution in [2.45, 2.75) is 26.8 Å². The molecule has 2 amide bonds. The van der Waals surface area contributed by atoms with E-state index in [2.05, 4.69) is 33.3 Å². The number of nitrogens with one attached hydrogen (secondary N) is 1. The van der Waals surface area contributed by atoms with Crippen LogP contribution in [0.2, 0.25) is 0 Å². The van der Waals surface area contributed by atoms with Gasteiger partial charge in [0.1, 0.15) is 0 Å². The molecule has 2 aromatic carbocycles. The van der Waals surface area contributed by atoms with Crippen molar-refractivity contribution in [1.82, 2.24) is 14.7 Å². The molecule has 1 saturated heterocycles. The number of para-hydroxylation sites is 1. The highest BCUT2D eigenvalue weighted by atomic mass is 16.2. The zero-order valence-electron chi connectivity index (χ0n) is 18.6. The van der Waals surface area contributed by atoms with Gasteiger partial charge in [-0.1, -0.05) is 42.5 Å². The van der Waals surface area contributed by atoms with E-state index in [9.17, 15) is 9.59 Å². The van der Waals surface area contributed by atoms with Crippen molar-refractivity contribution in [2.75, 3.05) is 51.1 Å². The topological polar surface area (TPSA) is 55.9 Å². The third-order valence-corrected chi connectivity index (χ3v) is 6.42. The molecular formula is C25H32N4O2. The summed E-state index contributed by atoms with van der Waals surface area (Å²) in [7, 11) is 0. The Bertz CT molecular complexity index is 930. The Balaban J connectivity index is 1.22. The Morgan fingerprint density at radius 1 is 0.806 bits per heavy atom. The first-order valence-electron chi connectivity index (χ1n) is 11.1. The number of nitrogens with zero attached hydrogens (tertiary/aromatic N) is 3. The van der Waals surface area contributed by atoms with Crippen LogP contribution in [0.3, 0.4) is 0 Å². The summed E-state index contributed by atoms with van der Waals surface area (Å²) in [4.78, 5) is 31.7. The van der Waals surface area contributed by atoms with Crippen LogP contribution in [0.5, 0.6) is 0 Å². The van der Waals surface area contributed by atoms with E-state index in [4.69, 9.17) is 0 Å². The molecule has 164 valence electrons. The van der Waals surface area contributed by atoms with Gasteiger partial charge in [0.25, 0.3) is 0 Å². The van der Waals surface area contributed by atoms with E-state index in [1.54, 1.807) is 0 Å². The predicted molar refractivity (Wildman–Crippen MR) is 123 cm³/mol. The molecule has 0 saturated carbocycles. The zero-order valence-corrected chi connectivity index (χ0v) is 18.6. The number of benzene rings is 2. The maximum absolute atomic E-state index is 12.8. The molecule has 2 aromatic rings. The lowest BCUT2D eigenvalue weighted by atomic mass is 10.00. The number of piperazine rings is 1. The average Bonchev–Trinajstić information content (AvgIpc) is 2.77. The highest BCUT2D eigenvalue weighted by Crippen LogP contribution is 2.20. The molecule has 0 bridgehead atoms. The van der Waals surface area contributed by atoms with E-state index in [0.717, 1.165) is 56.0 Å². The third kappa shape index (κ3) is 5.32. The minimum absolute atomic E-state index is 0.0221. The van der Waals surface area contributed by atoms with E-state index in [1.807, 2.05) is 43.0 Å². The minimum Gasteiger partial charge on any atom is -0.337 e. The lowest BCUT2D eigenvalue weighted by Crippen LogP contribution is -2.51. The van der Waals surface area contributed by atoms with Gasteiger partial charge >= 0.3 is 0 Å². The van der Waals surface area contributed by atoms with Gasteiger partial charge in [0.05, 0.1) is 13.1 Å². The third-order valence-electron chi connectivity index (χ3n) is 6.42. The molecule has 2 heterocycles. The lowest BCUT2D eigenvalue weighted by molar-refractivity contribution is -0.134. The summed E-state index contributed by atoms with van der Waals surface area (Å²) in [5, 5.41) is 3.07. The summed E-state index contributed by atoms with van der Waals surface area (Å²) in [6.07, 6.45) is 0.936. The van der Waals surface area contributed by atoms with Crippen LogP contribution in [0, 0.1) is 13.8 Å². The van der Waals surface area contributed by atoms with Gasteiger partial charge in [0.15, 0.2) is 0 Å². The van der Waals surface area contributed by atoms with Crippen molar-refractivity contribution < 1.29 is 9.59 Å². The van der Waals surface area contributed by atoms with E-state index in [-0.39, 0.29) is 11.8 Å². The van der Waals surface area contributed by atoms with Gasteiger partial charge in [-0.05, 0) is 42.5 Å². The van der Waals surface area contributed by atoms with Crippen LogP contribution in [-0.4, -0.2) is 72.3 Å². The molecule has 0 unspecified atom stereocenters. The Morgan fingerprint density at radius 2 is 1.42 bits per heavy atom. The molecule has 4 rings (SSSR count). The van der Waals surface area contributed by atoms with Gasteiger partial charge in [-0.3, -0.25) is 19.4 Å². The summed E-state index contributed by atoms with van der Waals surface area (Å²) >= 11 is 0. The highest BCUT2D eigenvalue weighted by Gasteiger charge is 2.25. The Hall–Kier alpha value is -2.70. The van der Waals surface area contributed by atoms with E-state index in [0.29, 0.717) is 19.6 Å². The number of hydrogen-bond donors (Lipinski definition) is 1. The Kier molecular flexibility index (Phi) is 6.68. The van der Waals surface area contributed by atoms with Crippen molar-refractivity contribution in [3.05, 3.63) is 64.7 Å². The SMILES string of the molecule is Cc1cccc(C)c1NC(=O)CN1CCN(CC(=O)N2CCc3ccccc3C2)CC1. The molecule has 0 aromatic heterocycles. The molecule has 6 nitrogen and oxygen atoms in total. The van der Waals surface area contributed by atoms with Crippen LogP contribution in [0.25, 0.3) is 0 Å². The number of amides is 2. The number of rotatable bonds is 5. The zero-order chi connectivity index (χ0) is 21.8. The monoisotopic (exact) mass is 420 g/mol. The van der Waals surface area contributed by atoms with Crippen LogP contribution in [0.1, 0.15) is 22.3 Å². The minimum atomic E-state index is 0.0221. The first kappa shape index (κ1) is 21.5. The van der Waals surface area contributed by atoms with Gasteiger partial charge in [-0.25, -0.2) is 0 Å². The number of hydrogen-bond acceptors (Lipinski definition) is 4. The number of fused-ring (bicyclic) bond motifs is 1. The molecule has 0 radical (unpaired) electrons. The van der Waals surface area contributed by atoms with Crippen LogP contribution in [0.15, 0.2) is 42.5 Å². The summed E-state index contributed by atoms with van der Waals surface area (Å²) in [6, 6.07) is 14.4. The molecule has 0 spiro atoms. The van der Waals surface area contributed by atoms with Crippen LogP contribution in [-0.2, 0) is 22.6 Å². The lowest BCUT2D eigenvalue weighted by Gasteiger charge is -2.36. The fourth-order valence-corrected chi connectivity index (χ4v) is 4.50. The van der Waals surface area contributed by atoms with Gasteiger partial charge in [0, 0.05) is 45.0 Å². The van der Waals surface area contributed by atoms with Gasteiger partial charge < -0.3 is 10.2 Å². The summed E-state index contributed by atoms with van der Waals surface area (Å²) in [6.45, 7) is 9.62. The number of carbonyl (C=O) groups excluding carboxylic acids is 2. The molecule has 1 N–H and O–H groups in total. The fourth-order valence-electron chi connectivity index (χ4n) is 4.50. The smallest absolute Gasteiger partial charge is 0.238 e. The van der Waals surface area contributed by atoms with Crippen LogP contribution >= 0.6 is 0 Å². The largest absolute Gasteiger partial charge is 0.337 e. The average molecular weight is 421 g/mol. The first-order valence-corrected chi connectivity index (χ1v) is 11.1. The second-order valence-electron chi connectivity index (χ2n) is 8.70. The summed E-state index contributed by atoms with van der Waals surface area (Å²) in [5.41, 5.74) is 5.70. The van der Waals surface area contributed by atoms with Crippen LogP contribution < -0.4 is 5.32 Å². The molecule has 1 fully saturated rings. The molecular weight excluding hydrogens is 388 g/mol. The maximum Gasteiger partial charge on any atom is 0.238 e. The first-order chi connectivity index (χ1) is 15.0. The normalized spacial score (nSPS) is 17.3. The highest BCUT2D eigenvalue weighted by molar-refractivity contribution is 5.93. The van der Waals surface area contributed by atoms with E-state index in [1.165, 1.54) is 11.1 Å². The molecule has 31 heavy (non-hydrogen) atoms. The van der Waals surface area contributed by atoms with Gasteiger partial charge in [0.2, 0.25) is 11.8 Å². The van der Waals surface area contributed by atoms with Crippen molar-refractivity contribution in [2.24, 2.45) is 0 Å². The van der Waals surface area contributed by atoms with Crippen molar-refractivity contribution in [3.8, 4) is 0 Å². The number of carbonyl (C=O) groups is 2. The summed E-state index contributed by atoms with van der Waals surface area (Å²) < 4.78 is 0. The Morgan fingerprint density at radius 3 is 2.10 bits per heavy atom. The van der Waals surface area contributed by atoms with E-state index >= 15 is 0 Å². The van der Waals surface area contributed by atoms with Crippen LogP contribution in [0.4, 0.5) is 5.69 Å². The standard InChI is InChI=1S/C25H32N4O2/c1-19-6-5-7-20(2)25(19)26-23(30)17-27-12-14-28(15-13-27)18-24(31)29-11-10-21-8-3-4-9-22(21)16-29/h3-9H,10-18H2,1-2H3,(H,26,30).